The van der Waals surface area contributed by atoms with Gasteiger partial charge in [0.1, 0.15) is 0 Å². The van der Waals surface area contributed by atoms with E-state index in [1.165, 1.54) is 0 Å². The molecule has 0 rings (SSSR count). The van der Waals surface area contributed by atoms with Crippen LogP contribution in [0.3, 0.4) is 0 Å². The van der Waals surface area contributed by atoms with E-state index >= 15 is 0 Å². The lowest BCUT2D eigenvalue weighted by molar-refractivity contribution is 0.593. The van der Waals surface area contributed by atoms with E-state index in [-0.39, 0.29) is 6.04 Å². The lowest BCUT2D eigenvalue weighted by atomic mass is 10.4. The summed E-state index contributed by atoms with van der Waals surface area (Å²) in [4.78, 5) is 0. The van der Waals surface area contributed by atoms with Gasteiger partial charge in [0.25, 0.3) is 0 Å². The third-order valence-electron chi connectivity index (χ3n) is 1.64. The topological polar surface area (TPSA) is 0 Å². The summed E-state index contributed by atoms with van der Waals surface area (Å²) in [5.41, 5.74) is 0. The molecular weight excluding hydrogens is 197 g/mol. The molecule has 0 aliphatic heterocycles. The molecule has 0 saturated carbocycles. The van der Waals surface area contributed by atoms with Crippen molar-refractivity contribution in [3.05, 3.63) is 0 Å². The highest BCUT2D eigenvalue weighted by Gasteiger charge is 2.27. The molecule has 0 fully saturated rings. The smallest absolute Gasteiger partial charge is 0.314 e. The molecule has 0 aliphatic rings. The van der Waals surface area contributed by atoms with Crippen LogP contribution >= 0.6 is 0 Å². The zero-order valence-electron chi connectivity index (χ0n) is 7.96. The molecule has 0 nitrogen and oxygen atoms in total. The van der Waals surface area contributed by atoms with E-state index < -0.39 is 17.1 Å². The second kappa shape index (κ2) is 4.46. The summed E-state index contributed by atoms with van der Waals surface area (Å²) in [6, 6.07) is 0.551. The minimum atomic E-state index is -3.86. The number of rotatable bonds is 5. The molecule has 12 heavy (non-hydrogen) atoms. The van der Waals surface area contributed by atoms with Crippen molar-refractivity contribution in [2.45, 2.75) is 44.6 Å². The maximum atomic E-state index is 13.0. The molecule has 0 aromatic carbocycles. The van der Waals surface area contributed by atoms with Gasteiger partial charge in [-0.3, -0.25) is 8.22 Å². The Labute approximate surface area is 74.7 Å². The van der Waals surface area contributed by atoms with Crippen LogP contribution in [-0.4, -0.2) is 17.1 Å². The summed E-state index contributed by atoms with van der Waals surface area (Å²) < 4.78 is 37.8. The zero-order chi connectivity index (χ0) is 9.83. The molecule has 0 heterocycles. The Hall–Kier alpha value is 0.224. The van der Waals surface area contributed by atoms with Gasteiger partial charge in [0.05, 0.1) is 0 Å². The Kier molecular flexibility index (Phi) is 4.54. The fraction of sp³-hybridized carbons (Fsp3) is 1.00. The van der Waals surface area contributed by atoms with E-state index in [9.17, 15) is 12.3 Å². The van der Waals surface area contributed by atoms with Crippen LogP contribution in [0.15, 0.2) is 0 Å². The van der Waals surface area contributed by atoms with Gasteiger partial charge in [0.2, 0.25) is 8.41 Å². The second-order valence-corrected chi connectivity index (χ2v) is 10.6. The van der Waals surface area contributed by atoms with E-state index in [0.717, 1.165) is 6.55 Å². The Bertz CT molecular complexity index is 110. The van der Waals surface area contributed by atoms with E-state index in [4.69, 9.17) is 0 Å². The van der Waals surface area contributed by atoms with Crippen molar-refractivity contribution in [3.8, 4) is 0 Å². The normalized spacial score (nSPS) is 13.5. The van der Waals surface area contributed by atoms with Gasteiger partial charge < -0.3 is 4.11 Å². The number of hydrogen-bond acceptors (Lipinski definition) is 0. The first kappa shape index (κ1) is 12.2. The van der Waals surface area contributed by atoms with E-state index in [0.29, 0.717) is 18.9 Å². The van der Waals surface area contributed by atoms with Gasteiger partial charge >= 0.3 is 8.74 Å². The van der Waals surface area contributed by atoms with Crippen molar-refractivity contribution in [3.63, 3.8) is 0 Å². The van der Waals surface area contributed by atoms with Crippen molar-refractivity contribution >= 4 is 17.1 Å². The molecule has 0 amide bonds. The summed E-state index contributed by atoms with van der Waals surface area (Å²) >= 11 is 0. The molecule has 5 heteroatoms. The number of hydrogen-bond donors (Lipinski definition) is 0. The third kappa shape index (κ3) is 10.2. The maximum Gasteiger partial charge on any atom is 0.422 e. The number of halogens is 3. The first-order valence-electron chi connectivity index (χ1n) is 4.27. The zero-order valence-corrected chi connectivity index (χ0v) is 9.96. The fourth-order valence-corrected chi connectivity index (χ4v) is 2.94. The molecular formula is C7H17F3Si2. The summed E-state index contributed by atoms with van der Waals surface area (Å²) in [7, 11) is -6.34. The average Bonchev–Trinajstić information content (AvgIpc) is 1.76. The SMILES string of the molecule is C[Si](C)(F)CCCC[Si](C)(F)F. The van der Waals surface area contributed by atoms with Crippen LogP contribution in [0.1, 0.15) is 12.8 Å². The maximum absolute atomic E-state index is 13.0. The van der Waals surface area contributed by atoms with Crippen molar-refractivity contribution in [2.75, 3.05) is 0 Å². The second-order valence-electron chi connectivity index (χ2n) is 4.00. The van der Waals surface area contributed by atoms with Crippen molar-refractivity contribution in [1.29, 1.82) is 0 Å². The highest BCUT2D eigenvalue weighted by Crippen LogP contribution is 2.20. The Morgan fingerprint density at radius 3 is 1.58 bits per heavy atom. The molecule has 0 saturated heterocycles. The molecule has 0 N–H and O–H groups in total. The first-order valence-corrected chi connectivity index (χ1v) is 9.82. The highest BCUT2D eigenvalue weighted by atomic mass is 28.4. The summed E-state index contributed by atoms with van der Waals surface area (Å²) in [6.45, 7) is 4.29. The van der Waals surface area contributed by atoms with Gasteiger partial charge in [-0.1, -0.05) is 12.8 Å². The van der Waals surface area contributed by atoms with E-state index in [1.807, 2.05) is 0 Å². The minimum Gasteiger partial charge on any atom is -0.314 e. The lowest BCUT2D eigenvalue weighted by Gasteiger charge is -2.11. The minimum absolute atomic E-state index is 0.0253. The van der Waals surface area contributed by atoms with Gasteiger partial charge in [-0.2, -0.15) is 0 Å². The highest BCUT2D eigenvalue weighted by molar-refractivity contribution is 6.70. The van der Waals surface area contributed by atoms with Crippen molar-refractivity contribution in [2.24, 2.45) is 0 Å². The van der Waals surface area contributed by atoms with Gasteiger partial charge in [-0.15, -0.1) is 0 Å². The molecule has 0 spiro atoms. The third-order valence-corrected chi connectivity index (χ3v) is 4.41. The Morgan fingerprint density at radius 2 is 1.25 bits per heavy atom. The van der Waals surface area contributed by atoms with Crippen LogP contribution in [0.2, 0.25) is 31.7 Å². The van der Waals surface area contributed by atoms with E-state index in [1.54, 1.807) is 13.1 Å². The van der Waals surface area contributed by atoms with Crippen LogP contribution in [0.25, 0.3) is 0 Å². The lowest BCUT2D eigenvalue weighted by Crippen LogP contribution is -2.19. The quantitative estimate of drug-likeness (QED) is 0.369. The van der Waals surface area contributed by atoms with Gasteiger partial charge in [0.15, 0.2) is 0 Å². The number of unbranched alkanes of at least 4 members (excludes halogenated alkanes) is 1. The standard InChI is InChI=1S/C7H17F3Si2/c1-11(2,8)6-4-5-7-12(3,9)10/h4-7H2,1-3H3. The Morgan fingerprint density at radius 1 is 0.833 bits per heavy atom. The molecule has 0 atom stereocenters. The Balaban J connectivity index is 3.35. The molecule has 0 bridgehead atoms. The monoisotopic (exact) mass is 214 g/mol. The predicted octanol–water partition coefficient (Wildman–Crippen LogP) is 3.95. The van der Waals surface area contributed by atoms with Crippen LogP contribution in [0, 0.1) is 0 Å². The van der Waals surface area contributed by atoms with Gasteiger partial charge in [-0.25, -0.2) is 0 Å². The summed E-state index contributed by atoms with van der Waals surface area (Å²) in [5, 5.41) is 0. The van der Waals surface area contributed by atoms with Crippen LogP contribution in [0.4, 0.5) is 12.3 Å². The molecule has 0 aromatic heterocycles. The summed E-state index contributed by atoms with van der Waals surface area (Å²) in [6.07, 6.45) is 1.13. The van der Waals surface area contributed by atoms with Gasteiger partial charge in [-0.05, 0) is 31.7 Å². The molecule has 74 valence electrons. The molecule has 0 radical (unpaired) electrons. The fourth-order valence-electron chi connectivity index (χ4n) is 0.981. The first-order chi connectivity index (χ1) is 5.21. The average molecular weight is 214 g/mol. The van der Waals surface area contributed by atoms with Crippen LogP contribution < -0.4 is 0 Å². The largest absolute Gasteiger partial charge is 0.422 e. The molecule has 0 aromatic rings. The van der Waals surface area contributed by atoms with Gasteiger partial charge in [0, 0.05) is 0 Å². The van der Waals surface area contributed by atoms with Crippen LogP contribution in [-0.2, 0) is 0 Å². The van der Waals surface area contributed by atoms with Crippen molar-refractivity contribution in [1.82, 2.24) is 0 Å². The summed E-state index contributed by atoms with van der Waals surface area (Å²) in [5.74, 6) is 0. The molecule has 0 aliphatic carbocycles. The molecule has 0 unspecified atom stereocenters. The predicted molar refractivity (Wildman–Crippen MR) is 51.3 cm³/mol. The van der Waals surface area contributed by atoms with Crippen LogP contribution in [0.5, 0.6) is 0 Å². The van der Waals surface area contributed by atoms with Crippen molar-refractivity contribution < 1.29 is 12.3 Å². The van der Waals surface area contributed by atoms with E-state index in [2.05, 4.69) is 0 Å².